The van der Waals surface area contributed by atoms with Crippen molar-refractivity contribution in [1.82, 2.24) is 4.72 Å². The molecule has 0 aliphatic carbocycles. The monoisotopic (exact) mass is 408 g/mol. The van der Waals surface area contributed by atoms with E-state index in [2.05, 4.69) is 10.0 Å². The molecule has 0 spiro atoms. The average molecular weight is 409 g/mol. The minimum absolute atomic E-state index is 0.122. The predicted octanol–water partition coefficient (Wildman–Crippen LogP) is 3.83. The number of hydrogen-bond acceptors (Lipinski definition) is 3. The molecule has 1 atom stereocenters. The molecule has 6 heteroatoms. The van der Waals surface area contributed by atoms with Crippen molar-refractivity contribution in [3.05, 3.63) is 95.6 Å². The van der Waals surface area contributed by atoms with Crippen molar-refractivity contribution in [2.24, 2.45) is 0 Å². The quantitative estimate of drug-likeness (QED) is 0.624. The van der Waals surface area contributed by atoms with Crippen molar-refractivity contribution in [1.29, 1.82) is 0 Å². The van der Waals surface area contributed by atoms with Gasteiger partial charge in [-0.05, 0) is 61.2 Å². The summed E-state index contributed by atoms with van der Waals surface area (Å²) in [6, 6.07) is 22.0. The average Bonchev–Trinajstić information content (AvgIpc) is 2.71. The first-order valence-electron chi connectivity index (χ1n) is 9.34. The number of carbonyl (C=O) groups excluding carboxylic acids is 1. The molecule has 0 saturated carbocycles. The summed E-state index contributed by atoms with van der Waals surface area (Å²) in [6.07, 6.45) is 0.240. The second-order valence-electron chi connectivity index (χ2n) is 6.96. The van der Waals surface area contributed by atoms with Gasteiger partial charge in [-0.1, -0.05) is 54.6 Å². The van der Waals surface area contributed by atoms with Crippen LogP contribution in [-0.2, 0) is 21.2 Å². The highest BCUT2D eigenvalue weighted by atomic mass is 32.2. The smallest absolute Gasteiger partial charge is 0.242 e. The van der Waals surface area contributed by atoms with Crippen LogP contribution in [0.1, 0.15) is 16.7 Å². The van der Waals surface area contributed by atoms with E-state index in [-0.39, 0.29) is 11.3 Å². The lowest BCUT2D eigenvalue weighted by molar-refractivity contribution is -0.117. The molecule has 0 unspecified atom stereocenters. The molecule has 0 heterocycles. The van der Waals surface area contributed by atoms with Crippen LogP contribution in [0.15, 0.2) is 83.8 Å². The number of rotatable bonds is 7. The molecule has 3 aromatic rings. The number of aryl methyl sites for hydroxylation is 2. The van der Waals surface area contributed by atoms with Gasteiger partial charge in [-0.15, -0.1) is 0 Å². The Labute approximate surface area is 171 Å². The van der Waals surface area contributed by atoms with Crippen LogP contribution < -0.4 is 10.0 Å². The molecule has 1 amide bonds. The van der Waals surface area contributed by atoms with E-state index >= 15 is 0 Å². The SMILES string of the molecule is Cc1ccc(NC(=O)[C@H](Cc2ccccc2)NS(=O)(=O)c2ccccc2)cc1C. The van der Waals surface area contributed by atoms with Gasteiger partial charge in [0.2, 0.25) is 15.9 Å². The van der Waals surface area contributed by atoms with E-state index in [0.717, 1.165) is 16.7 Å². The molecule has 2 N–H and O–H groups in total. The van der Waals surface area contributed by atoms with E-state index in [1.165, 1.54) is 12.1 Å². The molecule has 0 saturated heterocycles. The number of amides is 1. The van der Waals surface area contributed by atoms with Crippen molar-refractivity contribution >= 4 is 21.6 Å². The van der Waals surface area contributed by atoms with Gasteiger partial charge in [0.15, 0.2) is 0 Å². The van der Waals surface area contributed by atoms with Crippen molar-refractivity contribution in [3.8, 4) is 0 Å². The standard InChI is InChI=1S/C23H24N2O3S/c1-17-13-14-20(15-18(17)2)24-23(26)22(16-19-9-5-3-6-10-19)25-29(27,28)21-11-7-4-8-12-21/h3-15,22,25H,16H2,1-2H3,(H,24,26)/t22-/m0/s1. The van der Waals surface area contributed by atoms with Crippen molar-refractivity contribution in [2.75, 3.05) is 5.32 Å². The molecule has 0 radical (unpaired) electrons. The van der Waals surface area contributed by atoms with E-state index in [9.17, 15) is 13.2 Å². The number of anilines is 1. The van der Waals surface area contributed by atoms with Crippen molar-refractivity contribution in [3.63, 3.8) is 0 Å². The summed E-state index contributed by atoms with van der Waals surface area (Å²) < 4.78 is 28.2. The number of carbonyl (C=O) groups is 1. The van der Waals surface area contributed by atoms with Crippen LogP contribution in [0.3, 0.4) is 0 Å². The summed E-state index contributed by atoms with van der Waals surface area (Å²) in [7, 11) is -3.84. The molecule has 0 aliphatic rings. The number of sulfonamides is 1. The molecule has 0 aliphatic heterocycles. The van der Waals surface area contributed by atoms with Crippen LogP contribution in [0.5, 0.6) is 0 Å². The molecule has 29 heavy (non-hydrogen) atoms. The fourth-order valence-electron chi connectivity index (χ4n) is 2.94. The Bertz CT molecular complexity index is 1080. The van der Waals surface area contributed by atoms with Gasteiger partial charge in [0, 0.05) is 5.69 Å². The minimum Gasteiger partial charge on any atom is -0.325 e. The third kappa shape index (κ3) is 5.53. The van der Waals surface area contributed by atoms with Gasteiger partial charge in [0.05, 0.1) is 4.90 Å². The Morgan fingerprint density at radius 3 is 2.10 bits per heavy atom. The number of hydrogen-bond donors (Lipinski definition) is 2. The molecule has 150 valence electrons. The normalized spacial score (nSPS) is 12.3. The zero-order valence-corrected chi connectivity index (χ0v) is 17.2. The first-order valence-corrected chi connectivity index (χ1v) is 10.8. The van der Waals surface area contributed by atoms with E-state index in [1.807, 2.05) is 62.4 Å². The van der Waals surface area contributed by atoms with E-state index < -0.39 is 22.0 Å². The van der Waals surface area contributed by atoms with Crippen LogP contribution in [0.4, 0.5) is 5.69 Å². The Hall–Kier alpha value is -2.96. The maximum absolute atomic E-state index is 13.0. The maximum Gasteiger partial charge on any atom is 0.242 e. The molecule has 5 nitrogen and oxygen atoms in total. The van der Waals surface area contributed by atoms with Crippen LogP contribution in [-0.4, -0.2) is 20.4 Å². The molecular formula is C23H24N2O3S. The highest BCUT2D eigenvalue weighted by Crippen LogP contribution is 2.16. The highest BCUT2D eigenvalue weighted by molar-refractivity contribution is 7.89. The van der Waals surface area contributed by atoms with E-state index in [4.69, 9.17) is 0 Å². The summed E-state index contributed by atoms with van der Waals surface area (Å²) in [5.41, 5.74) is 3.67. The lowest BCUT2D eigenvalue weighted by Crippen LogP contribution is -2.45. The highest BCUT2D eigenvalue weighted by Gasteiger charge is 2.26. The Morgan fingerprint density at radius 1 is 0.862 bits per heavy atom. The summed E-state index contributed by atoms with van der Waals surface area (Å²) in [4.78, 5) is 13.1. The van der Waals surface area contributed by atoms with Gasteiger partial charge >= 0.3 is 0 Å². The zero-order chi connectivity index (χ0) is 20.9. The fourth-order valence-corrected chi connectivity index (χ4v) is 4.16. The predicted molar refractivity (Wildman–Crippen MR) is 115 cm³/mol. The van der Waals surface area contributed by atoms with Crippen molar-refractivity contribution < 1.29 is 13.2 Å². The molecule has 3 aromatic carbocycles. The molecule has 0 aromatic heterocycles. The van der Waals surface area contributed by atoms with Gasteiger partial charge in [-0.25, -0.2) is 8.42 Å². The maximum atomic E-state index is 13.0. The third-order valence-electron chi connectivity index (χ3n) is 4.72. The second-order valence-corrected chi connectivity index (χ2v) is 8.68. The van der Waals surface area contributed by atoms with Gasteiger partial charge < -0.3 is 5.32 Å². The molecule has 3 rings (SSSR count). The van der Waals surface area contributed by atoms with E-state index in [0.29, 0.717) is 5.69 Å². The fraction of sp³-hybridized carbons (Fsp3) is 0.174. The number of nitrogens with one attached hydrogen (secondary N) is 2. The van der Waals surface area contributed by atoms with E-state index in [1.54, 1.807) is 18.2 Å². The van der Waals surface area contributed by atoms with Crippen LogP contribution >= 0.6 is 0 Å². The first-order chi connectivity index (χ1) is 13.8. The lowest BCUT2D eigenvalue weighted by atomic mass is 10.1. The Morgan fingerprint density at radius 2 is 1.48 bits per heavy atom. The second kappa shape index (κ2) is 9.03. The number of benzene rings is 3. The molecule has 0 fully saturated rings. The largest absolute Gasteiger partial charge is 0.325 e. The van der Waals surface area contributed by atoms with Gasteiger partial charge in [0.25, 0.3) is 0 Å². The van der Waals surface area contributed by atoms with Crippen LogP contribution in [0.2, 0.25) is 0 Å². The Kier molecular flexibility index (Phi) is 6.46. The first kappa shape index (κ1) is 20.8. The molecular weight excluding hydrogens is 384 g/mol. The summed E-state index contributed by atoms with van der Waals surface area (Å²) in [5.74, 6) is -0.406. The zero-order valence-electron chi connectivity index (χ0n) is 16.4. The summed E-state index contributed by atoms with van der Waals surface area (Å²) >= 11 is 0. The van der Waals surface area contributed by atoms with Crippen LogP contribution in [0, 0.1) is 13.8 Å². The summed E-state index contributed by atoms with van der Waals surface area (Å²) in [6.45, 7) is 3.96. The van der Waals surface area contributed by atoms with Crippen LogP contribution in [0.25, 0.3) is 0 Å². The van der Waals surface area contributed by atoms with Gasteiger partial charge in [-0.2, -0.15) is 4.72 Å². The lowest BCUT2D eigenvalue weighted by Gasteiger charge is -2.19. The topological polar surface area (TPSA) is 75.3 Å². The van der Waals surface area contributed by atoms with Gasteiger partial charge in [0.1, 0.15) is 6.04 Å². The summed E-state index contributed by atoms with van der Waals surface area (Å²) in [5, 5.41) is 2.84. The molecule has 0 bridgehead atoms. The third-order valence-corrected chi connectivity index (χ3v) is 6.21. The van der Waals surface area contributed by atoms with Crippen molar-refractivity contribution in [2.45, 2.75) is 31.2 Å². The Balaban J connectivity index is 1.85. The minimum atomic E-state index is -3.84. The van der Waals surface area contributed by atoms with Gasteiger partial charge in [-0.3, -0.25) is 4.79 Å².